The minimum atomic E-state index is -0.197. The summed E-state index contributed by atoms with van der Waals surface area (Å²) in [5, 5.41) is 24.6. The number of rotatable bonds is 15. The summed E-state index contributed by atoms with van der Waals surface area (Å²) in [6, 6.07) is 24.8. The molecule has 0 radical (unpaired) electrons. The SMILES string of the molecule is C=C(/C=C1/CCCC/C1=C(/CCCC)c1cc(C)cc(-c2ccccc2O[C@@H](C)C[C@H](C)Oc2ccccc2-c2cc(C)cc(/C3=C4\CCCC\C4=C\C(=C)CCCCC3)c2O)c1O)CC. The molecule has 0 saturated heterocycles. The molecule has 2 saturated carbocycles. The zero-order valence-electron chi connectivity index (χ0n) is 41.1. The highest BCUT2D eigenvalue weighted by Gasteiger charge is 2.26. The second kappa shape index (κ2) is 22.8. The molecule has 3 aliphatic rings. The van der Waals surface area contributed by atoms with E-state index < -0.39 is 0 Å². The lowest BCUT2D eigenvalue weighted by molar-refractivity contribution is 0.131. The van der Waals surface area contributed by atoms with Gasteiger partial charge in [-0.15, -0.1) is 0 Å². The summed E-state index contributed by atoms with van der Waals surface area (Å²) in [6.07, 6.45) is 23.2. The third kappa shape index (κ3) is 11.7. The average molecular weight is 885 g/mol. The highest BCUT2D eigenvalue weighted by atomic mass is 16.5. The van der Waals surface area contributed by atoms with Gasteiger partial charge in [0.25, 0.3) is 0 Å². The first-order valence-electron chi connectivity index (χ1n) is 25.4. The van der Waals surface area contributed by atoms with Crippen molar-refractivity contribution in [2.45, 2.75) is 169 Å². The number of fused-ring (bicyclic) bond motifs is 1. The Hall–Kier alpha value is -5.48. The lowest BCUT2D eigenvalue weighted by Crippen LogP contribution is -2.23. The molecule has 66 heavy (non-hydrogen) atoms. The van der Waals surface area contributed by atoms with Crippen LogP contribution in [0.3, 0.4) is 0 Å². The first kappa shape index (κ1) is 48.5. The van der Waals surface area contributed by atoms with Gasteiger partial charge in [-0.05, 0) is 205 Å². The van der Waals surface area contributed by atoms with Crippen LogP contribution in [0.4, 0.5) is 0 Å². The summed E-state index contributed by atoms with van der Waals surface area (Å²) >= 11 is 0. The number of phenols is 2. The molecule has 0 unspecified atom stereocenters. The van der Waals surface area contributed by atoms with Gasteiger partial charge in [0, 0.05) is 39.8 Å². The number of ether oxygens (including phenoxy) is 2. The summed E-state index contributed by atoms with van der Waals surface area (Å²) < 4.78 is 13.6. The molecule has 0 bridgehead atoms. The number of allylic oxidation sites excluding steroid dienone is 10. The van der Waals surface area contributed by atoms with Gasteiger partial charge >= 0.3 is 0 Å². The van der Waals surface area contributed by atoms with E-state index in [1.807, 2.05) is 36.4 Å². The van der Waals surface area contributed by atoms with Crippen molar-refractivity contribution in [1.29, 1.82) is 0 Å². The van der Waals surface area contributed by atoms with Gasteiger partial charge in [-0.1, -0.05) is 99.5 Å². The fourth-order valence-corrected chi connectivity index (χ4v) is 10.6. The van der Waals surface area contributed by atoms with Crippen LogP contribution in [0, 0.1) is 13.8 Å². The summed E-state index contributed by atoms with van der Waals surface area (Å²) in [4.78, 5) is 0. The Morgan fingerprint density at radius 1 is 0.652 bits per heavy atom. The first-order valence-corrected chi connectivity index (χ1v) is 25.4. The number of phenolic OH excluding ortho intramolecular Hbond substituents is 2. The van der Waals surface area contributed by atoms with E-state index in [9.17, 15) is 10.2 Å². The van der Waals surface area contributed by atoms with Crippen LogP contribution in [0.1, 0.15) is 166 Å². The van der Waals surface area contributed by atoms with Gasteiger partial charge < -0.3 is 19.7 Å². The standard InChI is InChI=1S/C62H76O4/c1-9-11-26-51(49-27-17-15-24-47(49)34-41(3)10-2)55-36-43(5)38-57(61(55)63)53-30-19-21-32-59(53)65-45(7)40-46(8)66-60-33-22-20-31-54(60)58-39-44(6)37-56(62(58)64)52-29-14-12-13-23-42(4)35-48-25-16-18-28-50(48)52/h19-22,30-39,45-46,63-64H,3-4,9-18,23-29,40H2,1-2,5-8H3/b47-34-,48-35-,51-49+,52-50+/t45-,46-/m0/s1. The van der Waals surface area contributed by atoms with E-state index in [0.717, 1.165) is 151 Å². The molecule has 4 aromatic rings. The lowest BCUT2D eigenvalue weighted by atomic mass is 9.80. The van der Waals surface area contributed by atoms with Gasteiger partial charge in [0.2, 0.25) is 0 Å². The summed E-state index contributed by atoms with van der Waals surface area (Å²) in [5.74, 6) is 2.12. The number of aromatic hydroxyl groups is 2. The quantitative estimate of drug-likeness (QED) is 0.125. The van der Waals surface area contributed by atoms with Gasteiger partial charge in [-0.3, -0.25) is 0 Å². The number of hydrogen-bond acceptors (Lipinski definition) is 4. The van der Waals surface area contributed by atoms with Crippen LogP contribution in [-0.2, 0) is 0 Å². The lowest BCUT2D eigenvalue weighted by Gasteiger charge is -2.26. The van der Waals surface area contributed by atoms with E-state index in [1.165, 1.54) is 58.3 Å². The molecule has 4 aromatic carbocycles. The van der Waals surface area contributed by atoms with Gasteiger partial charge in [0.05, 0.1) is 12.2 Å². The molecule has 0 heterocycles. The average Bonchev–Trinajstić information content (AvgIpc) is 3.30. The summed E-state index contributed by atoms with van der Waals surface area (Å²) in [5.41, 5.74) is 18.0. The van der Waals surface area contributed by atoms with Gasteiger partial charge in [0.15, 0.2) is 0 Å². The topological polar surface area (TPSA) is 58.9 Å². The van der Waals surface area contributed by atoms with E-state index in [4.69, 9.17) is 9.47 Å². The maximum atomic E-state index is 12.3. The predicted octanol–water partition coefficient (Wildman–Crippen LogP) is 17.9. The summed E-state index contributed by atoms with van der Waals surface area (Å²) in [6.45, 7) is 21.6. The van der Waals surface area contributed by atoms with E-state index in [-0.39, 0.29) is 12.2 Å². The number of aryl methyl sites for hydroxylation is 2. The van der Waals surface area contributed by atoms with Gasteiger partial charge in [0.1, 0.15) is 23.0 Å². The smallest absolute Gasteiger partial charge is 0.131 e. The molecule has 0 aromatic heterocycles. The van der Waals surface area contributed by atoms with Crippen LogP contribution in [0.2, 0.25) is 0 Å². The maximum Gasteiger partial charge on any atom is 0.131 e. The Morgan fingerprint density at radius 3 is 1.89 bits per heavy atom. The minimum Gasteiger partial charge on any atom is -0.507 e. The highest BCUT2D eigenvalue weighted by Crippen LogP contribution is 2.48. The molecule has 4 nitrogen and oxygen atoms in total. The zero-order valence-corrected chi connectivity index (χ0v) is 41.1. The normalized spacial score (nSPS) is 20.2. The molecule has 4 heteroatoms. The molecular weight excluding hydrogens is 809 g/mol. The van der Waals surface area contributed by atoms with Crippen LogP contribution >= 0.6 is 0 Å². The van der Waals surface area contributed by atoms with E-state index in [2.05, 4.69) is 103 Å². The molecule has 0 spiro atoms. The van der Waals surface area contributed by atoms with Crippen molar-refractivity contribution in [3.05, 3.63) is 154 Å². The van der Waals surface area contributed by atoms with Crippen molar-refractivity contribution < 1.29 is 19.7 Å². The molecule has 2 atom stereocenters. The van der Waals surface area contributed by atoms with Crippen molar-refractivity contribution in [2.24, 2.45) is 0 Å². The van der Waals surface area contributed by atoms with E-state index in [1.54, 1.807) is 0 Å². The Balaban J connectivity index is 1.15. The van der Waals surface area contributed by atoms with Crippen LogP contribution in [-0.4, -0.2) is 22.4 Å². The number of unbranched alkanes of at least 4 members (excludes halogenated alkanes) is 1. The monoisotopic (exact) mass is 885 g/mol. The third-order valence-electron chi connectivity index (χ3n) is 14.0. The van der Waals surface area contributed by atoms with Gasteiger partial charge in [-0.2, -0.15) is 0 Å². The fourth-order valence-electron chi connectivity index (χ4n) is 10.6. The molecule has 348 valence electrons. The van der Waals surface area contributed by atoms with Crippen molar-refractivity contribution in [1.82, 2.24) is 0 Å². The Labute approximate surface area is 397 Å². The van der Waals surface area contributed by atoms with Gasteiger partial charge in [-0.25, -0.2) is 0 Å². The second-order valence-electron chi connectivity index (χ2n) is 19.5. The number of benzene rings is 4. The van der Waals surface area contributed by atoms with Crippen molar-refractivity contribution in [3.8, 4) is 45.3 Å². The summed E-state index contributed by atoms with van der Waals surface area (Å²) in [7, 11) is 0. The second-order valence-corrected chi connectivity index (χ2v) is 19.5. The number of para-hydroxylation sites is 2. The zero-order chi connectivity index (χ0) is 46.7. The van der Waals surface area contributed by atoms with Crippen molar-refractivity contribution in [3.63, 3.8) is 0 Å². The molecular formula is C62H76O4. The molecule has 0 aliphatic heterocycles. The largest absolute Gasteiger partial charge is 0.507 e. The predicted molar refractivity (Wildman–Crippen MR) is 279 cm³/mol. The fraction of sp³-hybridized carbons (Fsp3) is 0.419. The molecule has 0 amide bonds. The number of hydrogen-bond donors (Lipinski definition) is 2. The molecule has 7 rings (SSSR count). The maximum absolute atomic E-state index is 12.3. The van der Waals surface area contributed by atoms with Crippen molar-refractivity contribution in [2.75, 3.05) is 0 Å². The molecule has 2 fully saturated rings. The highest BCUT2D eigenvalue weighted by molar-refractivity contribution is 5.87. The Bertz CT molecular complexity index is 2520. The van der Waals surface area contributed by atoms with E-state index in [0.29, 0.717) is 17.9 Å². The molecule has 3 aliphatic carbocycles. The van der Waals surface area contributed by atoms with Crippen LogP contribution < -0.4 is 9.47 Å². The Morgan fingerprint density at radius 2 is 1.21 bits per heavy atom. The molecule has 2 N–H and O–H groups in total. The minimum absolute atomic E-state index is 0.195. The van der Waals surface area contributed by atoms with Crippen molar-refractivity contribution >= 4 is 11.1 Å². The Kier molecular flexibility index (Phi) is 16.7. The van der Waals surface area contributed by atoms with E-state index >= 15 is 0 Å². The van der Waals surface area contributed by atoms with Crippen LogP contribution in [0.25, 0.3) is 33.4 Å². The first-order chi connectivity index (χ1) is 31.9. The van der Waals surface area contributed by atoms with Crippen LogP contribution in [0.5, 0.6) is 23.0 Å². The third-order valence-corrected chi connectivity index (χ3v) is 14.0. The van der Waals surface area contributed by atoms with Crippen LogP contribution in [0.15, 0.2) is 132 Å².